The summed E-state index contributed by atoms with van der Waals surface area (Å²) < 4.78 is 20.2. The third-order valence-electron chi connectivity index (χ3n) is 7.07. The zero-order valence-electron chi connectivity index (χ0n) is 21.3. The molecule has 6 rings (SSSR count). The molecule has 1 amide bonds. The van der Waals surface area contributed by atoms with Crippen LogP contribution in [0.25, 0.3) is 22.1 Å². The Hall–Kier alpha value is -3.76. The molecule has 0 radical (unpaired) electrons. The van der Waals surface area contributed by atoms with Gasteiger partial charge in [-0.2, -0.15) is 0 Å². The summed E-state index contributed by atoms with van der Waals surface area (Å²) in [6, 6.07) is 11.8. The second-order valence-electron chi connectivity index (χ2n) is 10.4. The number of halogens is 1. The van der Waals surface area contributed by atoms with Crippen molar-refractivity contribution < 1.29 is 13.9 Å². The lowest BCUT2D eigenvalue weighted by Gasteiger charge is -2.22. The minimum atomic E-state index is -0.623. The van der Waals surface area contributed by atoms with Gasteiger partial charge in [0.1, 0.15) is 16.8 Å². The van der Waals surface area contributed by atoms with Gasteiger partial charge >= 0.3 is 0 Å². The number of aryl methyl sites for hydroxylation is 1. The Morgan fingerprint density at radius 1 is 1.11 bits per heavy atom. The number of nitrogens with two attached hydrogens (primary N) is 1. The highest BCUT2D eigenvalue weighted by Crippen LogP contribution is 2.48. The van der Waals surface area contributed by atoms with Gasteiger partial charge in [-0.3, -0.25) is 4.79 Å². The normalized spacial score (nSPS) is 20.3. The average molecular weight is 531 g/mol. The van der Waals surface area contributed by atoms with Crippen LogP contribution in [0.1, 0.15) is 34.8 Å². The summed E-state index contributed by atoms with van der Waals surface area (Å²) in [5, 5.41) is 0.639. The van der Waals surface area contributed by atoms with Crippen LogP contribution in [0.5, 0.6) is 5.88 Å². The van der Waals surface area contributed by atoms with Gasteiger partial charge in [0.25, 0.3) is 5.91 Å². The van der Waals surface area contributed by atoms with Crippen LogP contribution in [-0.4, -0.2) is 49.9 Å². The van der Waals surface area contributed by atoms with E-state index in [1.54, 1.807) is 24.5 Å². The number of carbonyl (C=O) groups excluding carboxylic acids is 1. The summed E-state index contributed by atoms with van der Waals surface area (Å²) in [6.07, 6.45) is 3.29. The summed E-state index contributed by atoms with van der Waals surface area (Å²) in [5.41, 5.74) is 8.57. The van der Waals surface area contributed by atoms with Crippen molar-refractivity contribution in [3.63, 3.8) is 0 Å². The van der Waals surface area contributed by atoms with Crippen molar-refractivity contribution in [2.24, 2.45) is 17.6 Å². The summed E-state index contributed by atoms with van der Waals surface area (Å²) >= 11 is 1.32. The molecule has 1 saturated heterocycles. The highest BCUT2D eigenvalue weighted by molar-refractivity contribution is 7.17. The fraction of sp³-hybridized carbons (Fsp3) is 0.321. The van der Waals surface area contributed by atoms with Gasteiger partial charge in [0.2, 0.25) is 5.88 Å². The largest absolute Gasteiger partial charge is 0.474 e. The Balaban J connectivity index is 1.16. The third-order valence-corrected chi connectivity index (χ3v) is 8.21. The van der Waals surface area contributed by atoms with Gasteiger partial charge < -0.3 is 15.4 Å². The molecule has 38 heavy (non-hydrogen) atoms. The number of hydrogen-bond donors (Lipinski definition) is 1. The summed E-state index contributed by atoms with van der Waals surface area (Å²) in [7, 11) is 0. The fourth-order valence-corrected chi connectivity index (χ4v) is 5.91. The molecule has 1 aromatic carbocycles. The molecule has 2 fully saturated rings. The second kappa shape index (κ2) is 9.21. The average Bonchev–Trinajstić information content (AvgIpc) is 3.22. The van der Waals surface area contributed by atoms with Crippen LogP contribution in [0, 0.1) is 24.6 Å². The number of benzene rings is 1. The molecule has 2 aliphatic rings. The first-order valence-corrected chi connectivity index (χ1v) is 13.3. The molecular weight excluding hydrogens is 503 g/mol. The van der Waals surface area contributed by atoms with Crippen molar-refractivity contribution in [2.75, 3.05) is 13.1 Å². The monoisotopic (exact) mass is 530 g/mol. The Kier molecular flexibility index (Phi) is 5.96. The van der Waals surface area contributed by atoms with Crippen LogP contribution in [0.2, 0.25) is 0 Å². The van der Waals surface area contributed by atoms with E-state index in [0.29, 0.717) is 51.6 Å². The van der Waals surface area contributed by atoms with Crippen LogP contribution in [-0.2, 0) is 5.54 Å². The highest BCUT2D eigenvalue weighted by atomic mass is 32.1. The first-order valence-electron chi connectivity index (χ1n) is 12.5. The van der Waals surface area contributed by atoms with Gasteiger partial charge in [-0.1, -0.05) is 12.1 Å². The molecule has 2 N–H and O–H groups in total. The van der Waals surface area contributed by atoms with E-state index in [4.69, 9.17) is 10.5 Å². The molecule has 0 spiro atoms. The fourth-order valence-electron chi connectivity index (χ4n) is 4.93. The lowest BCUT2D eigenvalue weighted by Crippen LogP contribution is -2.33. The van der Waals surface area contributed by atoms with E-state index in [1.807, 2.05) is 43.9 Å². The number of carbonyl (C=O) groups is 1. The number of amides is 1. The number of thiazole rings is 1. The van der Waals surface area contributed by atoms with E-state index in [0.717, 1.165) is 5.56 Å². The van der Waals surface area contributed by atoms with Crippen LogP contribution in [0.3, 0.4) is 0 Å². The van der Waals surface area contributed by atoms with Gasteiger partial charge in [0, 0.05) is 54.5 Å². The van der Waals surface area contributed by atoms with Crippen molar-refractivity contribution in [2.45, 2.75) is 32.4 Å². The SMILES string of the molecule is Cc1nc(-c2ncccn2)sc1C(=O)N1C[C@@H]2C(Oc3cc(C(C)(C)N)cc(-c4cccc(F)c4)n3)[C@@H]2C1. The van der Waals surface area contributed by atoms with Crippen molar-refractivity contribution >= 4 is 17.2 Å². The van der Waals surface area contributed by atoms with E-state index in [9.17, 15) is 9.18 Å². The Bertz CT molecular complexity index is 1510. The molecule has 3 aromatic heterocycles. The van der Waals surface area contributed by atoms with E-state index < -0.39 is 5.54 Å². The quantitative estimate of drug-likeness (QED) is 0.392. The van der Waals surface area contributed by atoms with Crippen molar-refractivity contribution in [3.05, 3.63) is 76.8 Å². The number of fused-ring (bicyclic) bond motifs is 1. The van der Waals surface area contributed by atoms with Crippen LogP contribution < -0.4 is 10.5 Å². The first-order chi connectivity index (χ1) is 18.2. The summed E-state index contributed by atoms with van der Waals surface area (Å²) in [4.78, 5) is 33.4. The maximum absolute atomic E-state index is 13.9. The zero-order valence-corrected chi connectivity index (χ0v) is 22.1. The molecule has 3 atom stereocenters. The van der Waals surface area contributed by atoms with Crippen molar-refractivity contribution in [1.82, 2.24) is 24.8 Å². The molecular formula is C28H27FN6O2S. The molecule has 4 heterocycles. The number of ether oxygens (including phenoxy) is 1. The number of pyridine rings is 1. The maximum atomic E-state index is 13.9. The van der Waals surface area contributed by atoms with Gasteiger partial charge in [0.05, 0.1) is 11.4 Å². The predicted octanol–water partition coefficient (Wildman–Crippen LogP) is 4.45. The van der Waals surface area contributed by atoms with Crippen molar-refractivity contribution in [1.29, 1.82) is 0 Å². The molecule has 1 aliphatic carbocycles. The number of nitrogens with zero attached hydrogens (tertiary/aromatic N) is 5. The molecule has 4 aromatic rings. The van der Waals surface area contributed by atoms with Crippen molar-refractivity contribution in [3.8, 4) is 28.0 Å². The molecule has 10 heteroatoms. The van der Waals surface area contributed by atoms with Gasteiger partial charge in [-0.15, -0.1) is 11.3 Å². The number of hydrogen-bond acceptors (Lipinski definition) is 8. The van der Waals surface area contributed by atoms with E-state index >= 15 is 0 Å². The minimum Gasteiger partial charge on any atom is -0.474 e. The first kappa shape index (κ1) is 24.6. The molecule has 1 aliphatic heterocycles. The lowest BCUT2D eigenvalue weighted by atomic mass is 9.95. The van der Waals surface area contributed by atoms with Crippen LogP contribution in [0.15, 0.2) is 54.9 Å². The Labute approximate surface area is 223 Å². The van der Waals surface area contributed by atoms with E-state index in [-0.39, 0.29) is 29.7 Å². The van der Waals surface area contributed by atoms with E-state index in [2.05, 4.69) is 19.9 Å². The standard InChI is InChI=1S/C28H27FN6O2S/c1-15-24(38-26(33-15)25-31-8-5-9-32-25)27(36)35-13-19-20(14-35)23(19)37-22-12-17(28(2,3)30)11-21(34-22)16-6-4-7-18(29)10-16/h4-12,19-20,23H,13-14,30H2,1-3H3/t19-,20+,23?. The van der Waals surface area contributed by atoms with Crippen LogP contribution >= 0.6 is 11.3 Å². The van der Waals surface area contributed by atoms with E-state index in [1.165, 1.54) is 23.5 Å². The molecule has 1 unspecified atom stereocenters. The number of piperidine rings is 1. The van der Waals surface area contributed by atoms with Crippen LogP contribution in [0.4, 0.5) is 4.39 Å². The summed E-state index contributed by atoms with van der Waals surface area (Å²) in [6.45, 7) is 6.89. The van der Waals surface area contributed by atoms with Gasteiger partial charge in [-0.25, -0.2) is 24.3 Å². The number of aromatic nitrogens is 4. The Morgan fingerprint density at radius 3 is 2.53 bits per heavy atom. The topological polar surface area (TPSA) is 107 Å². The molecule has 0 bridgehead atoms. The zero-order chi connectivity index (χ0) is 26.6. The van der Waals surface area contributed by atoms with Gasteiger partial charge in [-0.05, 0) is 50.6 Å². The lowest BCUT2D eigenvalue weighted by molar-refractivity contribution is 0.0755. The predicted molar refractivity (Wildman–Crippen MR) is 142 cm³/mol. The number of likely N-dealkylation sites (tertiary alicyclic amines) is 1. The summed E-state index contributed by atoms with van der Waals surface area (Å²) in [5.74, 6) is 1.10. The Morgan fingerprint density at radius 2 is 1.84 bits per heavy atom. The maximum Gasteiger partial charge on any atom is 0.265 e. The highest BCUT2D eigenvalue weighted by Gasteiger charge is 2.59. The smallest absolute Gasteiger partial charge is 0.265 e. The molecule has 8 nitrogen and oxygen atoms in total. The number of rotatable bonds is 6. The molecule has 1 saturated carbocycles. The minimum absolute atomic E-state index is 0.0217. The third kappa shape index (κ3) is 4.65. The molecule has 194 valence electrons. The van der Waals surface area contributed by atoms with Gasteiger partial charge in [0.15, 0.2) is 10.8 Å². The second-order valence-corrected chi connectivity index (χ2v) is 11.4.